The Hall–Kier alpha value is -2.15. The van der Waals surface area contributed by atoms with Crippen LogP contribution in [0.4, 0.5) is 5.82 Å². The fraction of sp³-hybridized carbons (Fsp3) is 0.632. The van der Waals surface area contributed by atoms with E-state index in [1.165, 1.54) is 0 Å². The van der Waals surface area contributed by atoms with E-state index in [-0.39, 0.29) is 18.4 Å². The van der Waals surface area contributed by atoms with Gasteiger partial charge in [0.25, 0.3) is 5.91 Å². The average molecular weight is 360 g/mol. The molecule has 0 saturated carbocycles. The predicted molar refractivity (Wildman–Crippen MR) is 99.0 cm³/mol. The van der Waals surface area contributed by atoms with Gasteiger partial charge in [0.15, 0.2) is 0 Å². The molecule has 1 aromatic heterocycles. The molecule has 0 unspecified atom stereocenters. The molecule has 0 aliphatic carbocycles. The quantitative estimate of drug-likeness (QED) is 0.818. The molecular formula is C19H28N4O3. The van der Waals surface area contributed by atoms with Gasteiger partial charge in [-0.3, -0.25) is 9.59 Å². The average Bonchev–Trinajstić information content (AvgIpc) is 3.07. The summed E-state index contributed by atoms with van der Waals surface area (Å²) in [7, 11) is 1.86. The highest BCUT2D eigenvalue weighted by Gasteiger charge is 2.28. The van der Waals surface area contributed by atoms with Crippen LogP contribution in [0.3, 0.4) is 0 Å². The SMILES string of the molecule is CN(CCO)c1ccc(C(=O)N2CCC(CN3CCCC3=O)CC2)cn1. The highest BCUT2D eigenvalue weighted by atomic mass is 16.3. The van der Waals surface area contributed by atoms with Crippen LogP contribution in [0.25, 0.3) is 0 Å². The summed E-state index contributed by atoms with van der Waals surface area (Å²) in [6.07, 6.45) is 5.17. The van der Waals surface area contributed by atoms with Crippen molar-refractivity contribution < 1.29 is 14.7 Å². The molecule has 0 aromatic carbocycles. The number of aliphatic hydroxyl groups excluding tert-OH is 1. The molecule has 0 bridgehead atoms. The summed E-state index contributed by atoms with van der Waals surface area (Å²) in [6.45, 7) is 3.77. The molecule has 2 amide bonds. The largest absolute Gasteiger partial charge is 0.395 e. The summed E-state index contributed by atoms with van der Waals surface area (Å²) in [5.41, 5.74) is 0.597. The monoisotopic (exact) mass is 360 g/mol. The van der Waals surface area contributed by atoms with Crippen LogP contribution in [0.15, 0.2) is 18.3 Å². The van der Waals surface area contributed by atoms with E-state index < -0.39 is 0 Å². The molecule has 2 fully saturated rings. The van der Waals surface area contributed by atoms with Crippen molar-refractivity contribution in [2.24, 2.45) is 5.92 Å². The third-order valence-corrected chi connectivity index (χ3v) is 5.37. The topological polar surface area (TPSA) is 77.0 Å². The van der Waals surface area contributed by atoms with E-state index in [4.69, 9.17) is 5.11 Å². The third-order valence-electron chi connectivity index (χ3n) is 5.37. The van der Waals surface area contributed by atoms with Gasteiger partial charge in [-0.25, -0.2) is 4.98 Å². The molecular weight excluding hydrogens is 332 g/mol. The maximum absolute atomic E-state index is 12.7. The summed E-state index contributed by atoms with van der Waals surface area (Å²) in [4.78, 5) is 34.5. The van der Waals surface area contributed by atoms with E-state index in [0.717, 1.165) is 51.3 Å². The third kappa shape index (κ3) is 4.33. The Morgan fingerprint density at radius 2 is 2.08 bits per heavy atom. The van der Waals surface area contributed by atoms with Gasteiger partial charge in [0.2, 0.25) is 5.91 Å². The van der Waals surface area contributed by atoms with Crippen LogP contribution >= 0.6 is 0 Å². The summed E-state index contributed by atoms with van der Waals surface area (Å²) < 4.78 is 0. The summed E-state index contributed by atoms with van der Waals surface area (Å²) >= 11 is 0. The standard InChI is InChI=1S/C19H28N4O3/c1-21(11-12-24)17-5-4-16(13-20-17)19(26)22-9-6-15(7-10-22)14-23-8-2-3-18(23)25/h4-5,13,15,24H,2-3,6-12,14H2,1H3. The number of likely N-dealkylation sites (N-methyl/N-ethyl adjacent to an activating group) is 1. The van der Waals surface area contributed by atoms with Crippen molar-refractivity contribution in [3.63, 3.8) is 0 Å². The number of aliphatic hydroxyl groups is 1. The number of hydrogen-bond donors (Lipinski definition) is 1. The maximum Gasteiger partial charge on any atom is 0.255 e. The number of piperidine rings is 1. The molecule has 3 rings (SSSR count). The van der Waals surface area contributed by atoms with Crippen molar-refractivity contribution in [3.05, 3.63) is 23.9 Å². The Kier molecular flexibility index (Phi) is 6.08. The molecule has 7 heteroatoms. The second kappa shape index (κ2) is 8.49. The van der Waals surface area contributed by atoms with Crippen molar-refractivity contribution >= 4 is 17.6 Å². The molecule has 2 aliphatic heterocycles. The molecule has 1 N–H and O–H groups in total. The number of pyridine rings is 1. The number of nitrogens with zero attached hydrogens (tertiary/aromatic N) is 4. The van der Waals surface area contributed by atoms with Gasteiger partial charge in [0, 0.05) is 52.4 Å². The van der Waals surface area contributed by atoms with Crippen LogP contribution in [-0.4, -0.2) is 78.1 Å². The zero-order chi connectivity index (χ0) is 18.5. The molecule has 1 aromatic rings. The maximum atomic E-state index is 12.7. The number of hydrogen-bond acceptors (Lipinski definition) is 5. The number of rotatable bonds is 6. The van der Waals surface area contributed by atoms with Crippen molar-refractivity contribution in [1.29, 1.82) is 0 Å². The smallest absolute Gasteiger partial charge is 0.255 e. The molecule has 26 heavy (non-hydrogen) atoms. The van der Waals surface area contributed by atoms with Crippen molar-refractivity contribution in [2.75, 3.05) is 51.3 Å². The van der Waals surface area contributed by atoms with Crippen LogP contribution < -0.4 is 4.90 Å². The van der Waals surface area contributed by atoms with E-state index in [0.29, 0.717) is 24.4 Å². The normalized spacial score (nSPS) is 18.5. The first-order valence-electron chi connectivity index (χ1n) is 9.43. The number of aromatic nitrogens is 1. The van der Waals surface area contributed by atoms with E-state index in [9.17, 15) is 9.59 Å². The summed E-state index contributed by atoms with van der Waals surface area (Å²) in [5.74, 6) is 1.53. The lowest BCUT2D eigenvalue weighted by Crippen LogP contribution is -2.41. The number of carbonyl (C=O) groups excluding carboxylic acids is 2. The fourth-order valence-electron chi connectivity index (χ4n) is 3.71. The number of likely N-dealkylation sites (tertiary alicyclic amines) is 2. The minimum Gasteiger partial charge on any atom is -0.395 e. The minimum atomic E-state index is 0.0181. The second-order valence-electron chi connectivity index (χ2n) is 7.23. The highest BCUT2D eigenvalue weighted by molar-refractivity contribution is 5.94. The Balaban J connectivity index is 1.51. The number of carbonyl (C=O) groups is 2. The van der Waals surface area contributed by atoms with E-state index in [2.05, 4.69) is 4.98 Å². The Labute approximate surface area is 154 Å². The molecule has 2 aliphatic rings. The Morgan fingerprint density at radius 1 is 1.31 bits per heavy atom. The van der Waals surface area contributed by atoms with Gasteiger partial charge in [-0.1, -0.05) is 0 Å². The van der Waals surface area contributed by atoms with Crippen LogP contribution in [0.1, 0.15) is 36.0 Å². The van der Waals surface area contributed by atoms with Gasteiger partial charge < -0.3 is 19.8 Å². The van der Waals surface area contributed by atoms with E-state index in [1.807, 2.05) is 27.8 Å². The molecule has 0 radical (unpaired) electrons. The minimum absolute atomic E-state index is 0.0181. The van der Waals surface area contributed by atoms with Gasteiger partial charge in [0.05, 0.1) is 12.2 Å². The Bertz CT molecular complexity index is 626. The second-order valence-corrected chi connectivity index (χ2v) is 7.23. The fourth-order valence-corrected chi connectivity index (χ4v) is 3.71. The number of anilines is 1. The first kappa shape index (κ1) is 18.6. The molecule has 0 atom stereocenters. The highest BCUT2D eigenvalue weighted by Crippen LogP contribution is 2.22. The Morgan fingerprint density at radius 3 is 2.65 bits per heavy atom. The molecule has 2 saturated heterocycles. The first-order valence-corrected chi connectivity index (χ1v) is 9.43. The van der Waals surface area contributed by atoms with E-state index in [1.54, 1.807) is 12.3 Å². The van der Waals surface area contributed by atoms with Crippen LogP contribution in [0, 0.1) is 5.92 Å². The molecule has 3 heterocycles. The van der Waals surface area contributed by atoms with Crippen molar-refractivity contribution in [3.8, 4) is 0 Å². The molecule has 142 valence electrons. The van der Waals surface area contributed by atoms with Crippen molar-refractivity contribution in [1.82, 2.24) is 14.8 Å². The predicted octanol–water partition coefficient (Wildman–Crippen LogP) is 0.985. The summed E-state index contributed by atoms with van der Waals surface area (Å²) in [5, 5.41) is 8.98. The van der Waals surface area contributed by atoms with Gasteiger partial charge in [-0.2, -0.15) is 0 Å². The van der Waals surface area contributed by atoms with Gasteiger partial charge >= 0.3 is 0 Å². The zero-order valence-corrected chi connectivity index (χ0v) is 15.4. The lowest BCUT2D eigenvalue weighted by Gasteiger charge is -2.34. The molecule has 7 nitrogen and oxygen atoms in total. The summed E-state index contributed by atoms with van der Waals surface area (Å²) in [6, 6.07) is 3.61. The van der Waals surface area contributed by atoms with Crippen LogP contribution in [-0.2, 0) is 4.79 Å². The van der Waals surface area contributed by atoms with Crippen LogP contribution in [0.2, 0.25) is 0 Å². The van der Waals surface area contributed by atoms with Gasteiger partial charge in [-0.05, 0) is 37.3 Å². The lowest BCUT2D eigenvalue weighted by atomic mass is 9.96. The zero-order valence-electron chi connectivity index (χ0n) is 15.4. The lowest BCUT2D eigenvalue weighted by molar-refractivity contribution is -0.128. The van der Waals surface area contributed by atoms with Gasteiger partial charge in [-0.15, -0.1) is 0 Å². The number of amides is 2. The van der Waals surface area contributed by atoms with E-state index >= 15 is 0 Å². The van der Waals surface area contributed by atoms with Crippen LogP contribution in [0.5, 0.6) is 0 Å². The van der Waals surface area contributed by atoms with Gasteiger partial charge in [0.1, 0.15) is 5.82 Å². The molecule has 0 spiro atoms. The first-order chi connectivity index (χ1) is 12.6. The van der Waals surface area contributed by atoms with Crippen molar-refractivity contribution in [2.45, 2.75) is 25.7 Å².